The van der Waals surface area contributed by atoms with Crippen LogP contribution in [0.1, 0.15) is 32.2 Å². The number of carbonyl (C=O) groups excluding carboxylic acids is 2. The molecule has 0 radical (unpaired) electrons. The zero-order chi connectivity index (χ0) is 23.8. The summed E-state index contributed by atoms with van der Waals surface area (Å²) in [4.78, 5) is 33.4. The van der Waals surface area contributed by atoms with Crippen molar-refractivity contribution >= 4 is 39.6 Å². The summed E-state index contributed by atoms with van der Waals surface area (Å²) < 4.78 is 7.43. The lowest BCUT2D eigenvalue weighted by Gasteiger charge is -2.23. The molecule has 0 aliphatic carbocycles. The molecule has 0 aliphatic rings. The first-order chi connectivity index (χ1) is 15.6. The Morgan fingerprint density at radius 3 is 2.70 bits per heavy atom. The van der Waals surface area contributed by atoms with Crippen molar-refractivity contribution in [3.8, 4) is 0 Å². The Hall–Kier alpha value is -3.81. The monoisotopic (exact) mass is 447 g/mol. The molecule has 2 aromatic heterocycles. The predicted molar refractivity (Wildman–Crippen MR) is 129 cm³/mol. The van der Waals surface area contributed by atoms with E-state index < -0.39 is 17.7 Å². The highest BCUT2D eigenvalue weighted by atomic mass is 16.6. The number of benzene rings is 2. The van der Waals surface area contributed by atoms with Gasteiger partial charge in [0.15, 0.2) is 0 Å². The number of hydrogen-bond donors (Lipinski definition) is 3. The number of alkyl carbamates (subject to hydrolysis) is 1. The zero-order valence-corrected chi connectivity index (χ0v) is 19.5. The van der Waals surface area contributed by atoms with Crippen LogP contribution < -0.4 is 10.6 Å². The zero-order valence-electron chi connectivity index (χ0n) is 19.5. The smallest absolute Gasteiger partial charge is 0.408 e. The summed E-state index contributed by atoms with van der Waals surface area (Å²) in [5.74, 6) is 0.471. The van der Waals surface area contributed by atoms with E-state index in [1.165, 1.54) is 0 Å². The lowest BCUT2D eigenvalue weighted by Crippen LogP contribution is -2.47. The molecule has 4 aromatic rings. The maximum absolute atomic E-state index is 13.3. The second kappa shape index (κ2) is 8.61. The van der Waals surface area contributed by atoms with Crippen LogP contribution in [0.3, 0.4) is 0 Å². The van der Waals surface area contributed by atoms with Gasteiger partial charge >= 0.3 is 6.09 Å². The number of rotatable bonds is 5. The molecule has 4 rings (SSSR count). The quantitative estimate of drug-likeness (QED) is 0.421. The highest BCUT2D eigenvalue weighted by Crippen LogP contribution is 2.23. The number of fused-ring (bicyclic) bond motifs is 2. The van der Waals surface area contributed by atoms with Crippen molar-refractivity contribution in [2.75, 3.05) is 5.32 Å². The average Bonchev–Trinajstić information content (AvgIpc) is 3.25. The Morgan fingerprint density at radius 2 is 1.94 bits per heavy atom. The average molecular weight is 448 g/mol. The van der Waals surface area contributed by atoms with Gasteiger partial charge in [-0.15, -0.1) is 0 Å². The van der Waals surface area contributed by atoms with Crippen molar-refractivity contribution in [2.45, 2.75) is 45.8 Å². The molecule has 2 amide bonds. The van der Waals surface area contributed by atoms with E-state index in [9.17, 15) is 9.59 Å². The minimum absolute atomic E-state index is 0.317. The molecule has 172 valence electrons. The summed E-state index contributed by atoms with van der Waals surface area (Å²) in [5.41, 5.74) is 3.62. The van der Waals surface area contributed by atoms with Gasteiger partial charge in [0.25, 0.3) is 0 Å². The number of carbonyl (C=O) groups is 2. The van der Waals surface area contributed by atoms with Crippen LogP contribution in [0.25, 0.3) is 21.9 Å². The molecule has 2 aromatic carbocycles. The number of ether oxygens (including phenoxy) is 1. The molecule has 0 saturated heterocycles. The molecule has 0 aliphatic heterocycles. The maximum Gasteiger partial charge on any atom is 0.408 e. The van der Waals surface area contributed by atoms with Crippen molar-refractivity contribution in [3.05, 3.63) is 60.0 Å². The second-order valence-corrected chi connectivity index (χ2v) is 9.23. The Kier molecular flexibility index (Phi) is 5.84. The number of nitrogens with one attached hydrogen (secondary N) is 3. The molecule has 8 nitrogen and oxygen atoms in total. The fraction of sp³-hybridized carbons (Fsp3) is 0.320. The van der Waals surface area contributed by atoms with E-state index in [1.807, 2.05) is 61.1 Å². The Labute approximate surface area is 192 Å². The highest BCUT2D eigenvalue weighted by Gasteiger charge is 2.26. The van der Waals surface area contributed by atoms with Gasteiger partial charge in [-0.1, -0.05) is 18.2 Å². The van der Waals surface area contributed by atoms with E-state index in [-0.39, 0.29) is 5.91 Å². The molecule has 3 N–H and O–H groups in total. The number of hydrogen-bond acceptors (Lipinski definition) is 4. The topological polar surface area (TPSA) is 101 Å². The van der Waals surface area contributed by atoms with Gasteiger partial charge in [-0.3, -0.25) is 4.79 Å². The third kappa shape index (κ3) is 5.16. The van der Waals surface area contributed by atoms with Crippen molar-refractivity contribution in [2.24, 2.45) is 7.05 Å². The SMILES string of the molecule is Cc1nc2ccc(NC(=O)[C@H](Cc3cn(C)c4ccccc34)NC(=O)OC(C)(C)C)cc2[nH]1. The maximum atomic E-state index is 13.3. The lowest BCUT2D eigenvalue weighted by atomic mass is 10.0. The summed E-state index contributed by atoms with van der Waals surface area (Å²) >= 11 is 0. The molecule has 33 heavy (non-hydrogen) atoms. The molecular weight excluding hydrogens is 418 g/mol. The van der Waals surface area contributed by atoms with E-state index in [0.717, 1.165) is 33.3 Å². The van der Waals surface area contributed by atoms with Gasteiger partial charge in [0.2, 0.25) is 5.91 Å². The van der Waals surface area contributed by atoms with Crippen LogP contribution in [0, 0.1) is 6.92 Å². The third-order valence-electron chi connectivity index (χ3n) is 5.28. The van der Waals surface area contributed by atoms with Crippen molar-refractivity contribution in [3.63, 3.8) is 0 Å². The van der Waals surface area contributed by atoms with Crippen molar-refractivity contribution in [1.82, 2.24) is 19.9 Å². The van der Waals surface area contributed by atoms with E-state index in [1.54, 1.807) is 26.8 Å². The number of aromatic amines is 1. The second-order valence-electron chi connectivity index (χ2n) is 9.23. The Bertz CT molecular complexity index is 1330. The summed E-state index contributed by atoms with van der Waals surface area (Å²) in [6.07, 6.45) is 1.67. The fourth-order valence-electron chi connectivity index (χ4n) is 3.91. The number of imidazole rings is 1. The normalized spacial score (nSPS) is 12.6. The lowest BCUT2D eigenvalue weighted by molar-refractivity contribution is -0.118. The van der Waals surface area contributed by atoms with Gasteiger partial charge in [0.05, 0.1) is 11.0 Å². The number of amides is 2. The molecule has 1 atom stereocenters. The first-order valence-corrected chi connectivity index (χ1v) is 10.9. The molecule has 2 heterocycles. The number of aromatic nitrogens is 3. The third-order valence-corrected chi connectivity index (χ3v) is 5.28. The number of H-pyrrole nitrogens is 1. The van der Waals surface area contributed by atoms with Gasteiger partial charge in [0, 0.05) is 36.3 Å². The summed E-state index contributed by atoms with van der Waals surface area (Å²) in [7, 11) is 1.96. The molecular formula is C25H29N5O3. The first-order valence-electron chi connectivity index (χ1n) is 10.9. The van der Waals surface area contributed by atoms with E-state index in [0.29, 0.717) is 12.1 Å². The minimum atomic E-state index is -0.829. The molecule has 0 unspecified atom stereocenters. The van der Waals surface area contributed by atoms with Crippen LogP contribution in [0.5, 0.6) is 0 Å². The minimum Gasteiger partial charge on any atom is -0.444 e. The highest BCUT2D eigenvalue weighted by molar-refractivity contribution is 5.98. The first kappa shape index (κ1) is 22.4. The van der Waals surface area contributed by atoms with Crippen LogP contribution in [-0.4, -0.2) is 38.2 Å². The van der Waals surface area contributed by atoms with Crippen LogP contribution in [-0.2, 0) is 23.0 Å². The van der Waals surface area contributed by atoms with Gasteiger partial charge < -0.3 is 24.9 Å². The Morgan fingerprint density at radius 1 is 1.18 bits per heavy atom. The fourth-order valence-corrected chi connectivity index (χ4v) is 3.91. The van der Waals surface area contributed by atoms with Crippen molar-refractivity contribution < 1.29 is 14.3 Å². The van der Waals surface area contributed by atoms with Gasteiger partial charge in [0.1, 0.15) is 17.5 Å². The number of para-hydroxylation sites is 1. The van der Waals surface area contributed by atoms with Crippen molar-refractivity contribution in [1.29, 1.82) is 0 Å². The van der Waals surface area contributed by atoms with E-state index in [2.05, 4.69) is 20.6 Å². The van der Waals surface area contributed by atoms with Crippen LogP contribution in [0.2, 0.25) is 0 Å². The Balaban J connectivity index is 1.60. The summed E-state index contributed by atoms with van der Waals surface area (Å²) in [6.45, 7) is 7.24. The molecule has 0 fully saturated rings. The molecule has 0 saturated carbocycles. The van der Waals surface area contributed by atoms with Crippen LogP contribution in [0.15, 0.2) is 48.7 Å². The number of nitrogens with zero attached hydrogens (tertiary/aromatic N) is 2. The van der Waals surface area contributed by atoms with Crippen LogP contribution in [0.4, 0.5) is 10.5 Å². The van der Waals surface area contributed by atoms with E-state index in [4.69, 9.17) is 4.74 Å². The number of aryl methyl sites for hydroxylation is 2. The van der Waals surface area contributed by atoms with Gasteiger partial charge in [-0.05, 0) is 57.5 Å². The standard InChI is InChI=1S/C25H29N5O3/c1-15-26-19-11-10-17(13-20(19)27-15)28-23(31)21(29-24(32)33-25(2,3)4)12-16-14-30(5)22-9-7-6-8-18(16)22/h6-11,13-14,21H,12H2,1-5H3,(H,26,27)(H,28,31)(H,29,32)/t21-/m0/s1. The molecule has 8 heteroatoms. The number of anilines is 1. The molecule has 0 bridgehead atoms. The summed E-state index contributed by atoms with van der Waals surface area (Å²) in [5, 5.41) is 6.72. The van der Waals surface area contributed by atoms with Gasteiger partial charge in [-0.25, -0.2) is 9.78 Å². The van der Waals surface area contributed by atoms with Crippen LogP contribution >= 0.6 is 0 Å². The van der Waals surface area contributed by atoms with Gasteiger partial charge in [-0.2, -0.15) is 0 Å². The van der Waals surface area contributed by atoms with E-state index >= 15 is 0 Å². The summed E-state index contributed by atoms with van der Waals surface area (Å²) in [6, 6.07) is 12.6. The largest absolute Gasteiger partial charge is 0.444 e. The molecule has 0 spiro atoms. The predicted octanol–water partition coefficient (Wildman–Crippen LogP) is 4.44.